The van der Waals surface area contributed by atoms with Gasteiger partial charge < -0.3 is 30.9 Å². The maximum atomic E-state index is 13.3. The zero-order chi connectivity index (χ0) is 34.9. The number of nitrogens with two attached hydrogens (primary N) is 1. The molecular formula is C36H38F3N3O6. The fourth-order valence-corrected chi connectivity index (χ4v) is 4.46. The lowest BCUT2D eigenvalue weighted by atomic mass is 10.0. The van der Waals surface area contributed by atoms with Crippen molar-refractivity contribution in [2.75, 3.05) is 26.2 Å². The number of nitrogens with zero attached hydrogens (tertiary/aromatic N) is 1. The van der Waals surface area contributed by atoms with Crippen LogP contribution in [0, 0.1) is 0 Å². The number of benzene rings is 4. The number of carbonyl (C=O) groups is 3. The van der Waals surface area contributed by atoms with Crippen LogP contribution in [0.25, 0.3) is 11.1 Å². The lowest BCUT2D eigenvalue weighted by molar-refractivity contribution is -0.192. The number of ether oxygens (including phenoxy) is 1. The van der Waals surface area contributed by atoms with Crippen LogP contribution in [0.3, 0.4) is 0 Å². The Kier molecular flexibility index (Phi) is 14.6. The van der Waals surface area contributed by atoms with Gasteiger partial charge in [-0.1, -0.05) is 72.8 Å². The summed E-state index contributed by atoms with van der Waals surface area (Å²) in [4.78, 5) is 36.6. The Morgan fingerprint density at radius 3 is 2.08 bits per heavy atom. The molecule has 0 radical (unpaired) electrons. The van der Waals surface area contributed by atoms with E-state index in [0.29, 0.717) is 44.8 Å². The molecule has 12 heteroatoms. The Bertz CT molecular complexity index is 1620. The highest BCUT2D eigenvalue weighted by Crippen LogP contribution is 2.23. The summed E-state index contributed by atoms with van der Waals surface area (Å²) in [5, 5.41) is 19.6. The average molecular weight is 666 g/mol. The highest BCUT2D eigenvalue weighted by atomic mass is 19.4. The van der Waals surface area contributed by atoms with Gasteiger partial charge in [0.2, 0.25) is 5.91 Å². The van der Waals surface area contributed by atoms with Gasteiger partial charge in [-0.05, 0) is 77.5 Å². The predicted molar refractivity (Wildman–Crippen MR) is 175 cm³/mol. The molecule has 0 aliphatic heterocycles. The number of alkyl halides is 3. The first-order chi connectivity index (χ1) is 23.0. The Hall–Kier alpha value is -5.20. The van der Waals surface area contributed by atoms with E-state index < -0.39 is 12.1 Å². The fraction of sp³-hybridized carbons (Fsp3) is 0.250. The van der Waals surface area contributed by atoms with Crippen molar-refractivity contribution in [3.05, 3.63) is 125 Å². The molecule has 4 aromatic carbocycles. The number of amides is 2. The normalized spacial score (nSPS) is 10.8. The topological polar surface area (TPSA) is 142 Å². The summed E-state index contributed by atoms with van der Waals surface area (Å²) in [5.41, 5.74) is 11.0. The van der Waals surface area contributed by atoms with Crippen molar-refractivity contribution >= 4 is 17.8 Å². The van der Waals surface area contributed by atoms with E-state index in [0.717, 1.165) is 34.2 Å². The summed E-state index contributed by atoms with van der Waals surface area (Å²) in [7, 11) is 0. The van der Waals surface area contributed by atoms with Crippen LogP contribution in [-0.4, -0.2) is 65.3 Å². The van der Waals surface area contributed by atoms with Crippen molar-refractivity contribution in [2.45, 2.75) is 32.2 Å². The predicted octanol–water partition coefficient (Wildman–Crippen LogP) is 5.56. The fourth-order valence-electron chi connectivity index (χ4n) is 4.46. The van der Waals surface area contributed by atoms with E-state index in [9.17, 15) is 27.9 Å². The molecule has 5 N–H and O–H groups in total. The quantitative estimate of drug-likeness (QED) is 0.129. The minimum Gasteiger partial charge on any atom is -0.508 e. The van der Waals surface area contributed by atoms with Crippen LogP contribution < -0.4 is 11.1 Å². The SMILES string of the molecule is NCCCNC(=O)c1cccc(-c2cccc(CN(CCc3ccc(O)cc3)C(=O)COCc3ccccc3)c2)c1.O=C(O)C(F)(F)F. The number of hydrogen-bond acceptors (Lipinski definition) is 6. The zero-order valence-electron chi connectivity index (χ0n) is 26.2. The van der Waals surface area contributed by atoms with Gasteiger partial charge in [0.05, 0.1) is 6.61 Å². The maximum Gasteiger partial charge on any atom is 0.490 e. The Balaban J connectivity index is 0.000000804. The molecule has 0 atom stereocenters. The van der Waals surface area contributed by atoms with Gasteiger partial charge in [0.15, 0.2) is 0 Å². The first kappa shape index (κ1) is 37.3. The Morgan fingerprint density at radius 1 is 0.812 bits per heavy atom. The number of aliphatic carboxylic acids is 1. The molecule has 254 valence electrons. The molecule has 0 spiro atoms. The van der Waals surface area contributed by atoms with Crippen LogP contribution in [-0.2, 0) is 33.9 Å². The van der Waals surface area contributed by atoms with E-state index in [-0.39, 0.29) is 24.2 Å². The molecule has 0 unspecified atom stereocenters. The monoisotopic (exact) mass is 665 g/mol. The van der Waals surface area contributed by atoms with Gasteiger partial charge in [0.25, 0.3) is 5.91 Å². The number of phenols is 1. The molecule has 4 aromatic rings. The first-order valence-electron chi connectivity index (χ1n) is 15.1. The average Bonchev–Trinajstić information content (AvgIpc) is 3.08. The van der Waals surface area contributed by atoms with E-state index >= 15 is 0 Å². The molecule has 0 heterocycles. The smallest absolute Gasteiger partial charge is 0.490 e. The lowest BCUT2D eigenvalue weighted by Crippen LogP contribution is -2.35. The summed E-state index contributed by atoms with van der Waals surface area (Å²) in [6.07, 6.45) is -3.71. The van der Waals surface area contributed by atoms with E-state index in [1.807, 2.05) is 78.9 Å². The van der Waals surface area contributed by atoms with Crippen molar-refractivity contribution in [2.24, 2.45) is 5.73 Å². The van der Waals surface area contributed by atoms with Crippen molar-refractivity contribution in [1.82, 2.24) is 10.2 Å². The largest absolute Gasteiger partial charge is 0.508 e. The minimum absolute atomic E-state index is 0.0223. The van der Waals surface area contributed by atoms with Crippen molar-refractivity contribution in [3.63, 3.8) is 0 Å². The van der Waals surface area contributed by atoms with Crippen LogP contribution >= 0.6 is 0 Å². The summed E-state index contributed by atoms with van der Waals surface area (Å²) >= 11 is 0. The summed E-state index contributed by atoms with van der Waals surface area (Å²) in [6, 6.07) is 32.3. The maximum absolute atomic E-state index is 13.3. The minimum atomic E-state index is -5.08. The van der Waals surface area contributed by atoms with Crippen LogP contribution in [0.4, 0.5) is 13.2 Å². The number of carboxylic acids is 1. The Morgan fingerprint density at radius 2 is 1.44 bits per heavy atom. The number of nitrogens with one attached hydrogen (secondary N) is 1. The summed E-state index contributed by atoms with van der Waals surface area (Å²) < 4.78 is 37.5. The zero-order valence-corrected chi connectivity index (χ0v) is 26.2. The molecule has 0 aliphatic rings. The van der Waals surface area contributed by atoms with E-state index in [1.54, 1.807) is 23.1 Å². The molecule has 0 fully saturated rings. The second kappa shape index (κ2) is 18.8. The number of halogens is 3. The third-order valence-corrected chi connectivity index (χ3v) is 6.96. The highest BCUT2D eigenvalue weighted by molar-refractivity contribution is 5.95. The van der Waals surface area contributed by atoms with E-state index in [4.69, 9.17) is 20.4 Å². The lowest BCUT2D eigenvalue weighted by Gasteiger charge is -2.23. The number of hydrogen-bond donors (Lipinski definition) is 4. The number of carboxylic acid groups (broad SMARTS) is 1. The van der Waals surface area contributed by atoms with Crippen molar-refractivity contribution in [1.29, 1.82) is 0 Å². The molecule has 0 aromatic heterocycles. The molecule has 0 saturated heterocycles. The number of carbonyl (C=O) groups excluding carboxylic acids is 2. The van der Waals surface area contributed by atoms with Crippen LogP contribution in [0.5, 0.6) is 5.75 Å². The third-order valence-electron chi connectivity index (χ3n) is 6.96. The first-order valence-corrected chi connectivity index (χ1v) is 15.1. The molecule has 0 bridgehead atoms. The van der Waals surface area contributed by atoms with Gasteiger partial charge in [-0.2, -0.15) is 13.2 Å². The standard InChI is InChI=1S/C34H37N3O4.C2HF3O2/c35-18-6-19-36-34(40)31-12-5-11-30(22-31)29-10-4-9-28(21-29)23-37(20-17-26-13-15-32(38)16-14-26)33(39)25-41-24-27-7-2-1-3-8-27;3-2(4,5)1(6)7/h1-5,7-16,21-22,38H,6,17-20,23-25,35H2,(H,36,40);(H,6,7). The second-order valence-corrected chi connectivity index (χ2v) is 10.7. The Labute approximate surface area is 276 Å². The van der Waals surface area contributed by atoms with Gasteiger partial charge in [-0.3, -0.25) is 9.59 Å². The van der Waals surface area contributed by atoms with Crippen LogP contribution in [0.15, 0.2) is 103 Å². The van der Waals surface area contributed by atoms with Gasteiger partial charge in [-0.15, -0.1) is 0 Å². The van der Waals surface area contributed by atoms with E-state index in [2.05, 4.69) is 11.4 Å². The third kappa shape index (κ3) is 12.9. The van der Waals surface area contributed by atoms with Crippen molar-refractivity contribution < 1.29 is 42.5 Å². The molecule has 2 amide bonds. The second-order valence-electron chi connectivity index (χ2n) is 10.7. The summed E-state index contributed by atoms with van der Waals surface area (Å²) in [6.45, 7) is 2.33. The van der Waals surface area contributed by atoms with Gasteiger partial charge in [0, 0.05) is 25.2 Å². The number of phenolic OH excluding ortho intramolecular Hbond substituents is 1. The van der Waals surface area contributed by atoms with Crippen molar-refractivity contribution in [3.8, 4) is 16.9 Å². The molecule has 9 nitrogen and oxygen atoms in total. The molecule has 0 aliphatic carbocycles. The van der Waals surface area contributed by atoms with Gasteiger partial charge in [-0.25, -0.2) is 4.79 Å². The molecule has 4 rings (SSSR count). The van der Waals surface area contributed by atoms with Gasteiger partial charge in [0.1, 0.15) is 12.4 Å². The highest BCUT2D eigenvalue weighted by Gasteiger charge is 2.38. The summed E-state index contributed by atoms with van der Waals surface area (Å²) in [5.74, 6) is -2.77. The van der Waals surface area contributed by atoms with Gasteiger partial charge >= 0.3 is 12.1 Å². The molecule has 48 heavy (non-hydrogen) atoms. The van der Waals surface area contributed by atoms with Crippen LogP contribution in [0.1, 0.15) is 33.5 Å². The molecule has 0 saturated carbocycles. The number of aromatic hydroxyl groups is 1. The molecular weight excluding hydrogens is 627 g/mol. The van der Waals surface area contributed by atoms with E-state index in [1.165, 1.54) is 0 Å². The van der Waals surface area contributed by atoms with Crippen LogP contribution in [0.2, 0.25) is 0 Å². The number of rotatable bonds is 14.